The molecule has 0 heterocycles. The SMILES string of the molecule is CC1(C)C(=O)C(C#N)C[C@@]2(C)C1=CC(=O)C1(C)C=CC(=O)C=C12. The van der Waals surface area contributed by atoms with Crippen molar-refractivity contribution in [1.82, 2.24) is 0 Å². The third-order valence-corrected chi connectivity index (χ3v) is 5.78. The molecule has 1 saturated carbocycles. The molecule has 118 valence electrons. The minimum absolute atomic E-state index is 0.115. The lowest BCUT2D eigenvalue weighted by molar-refractivity contribution is -0.132. The van der Waals surface area contributed by atoms with Crippen molar-refractivity contribution in [3.8, 4) is 6.07 Å². The van der Waals surface area contributed by atoms with Crippen LogP contribution >= 0.6 is 0 Å². The molecule has 3 aliphatic carbocycles. The predicted molar refractivity (Wildman–Crippen MR) is 84.0 cm³/mol. The minimum Gasteiger partial charge on any atom is -0.297 e. The number of ketones is 3. The fourth-order valence-electron chi connectivity index (χ4n) is 4.48. The highest BCUT2D eigenvalue weighted by molar-refractivity contribution is 6.10. The van der Waals surface area contributed by atoms with Gasteiger partial charge >= 0.3 is 0 Å². The van der Waals surface area contributed by atoms with E-state index in [0.29, 0.717) is 12.0 Å². The zero-order valence-electron chi connectivity index (χ0n) is 13.8. The van der Waals surface area contributed by atoms with Crippen LogP contribution in [0.25, 0.3) is 0 Å². The molecule has 0 amide bonds. The van der Waals surface area contributed by atoms with Gasteiger partial charge in [0, 0.05) is 10.8 Å². The molecular formula is C19H19NO3. The summed E-state index contributed by atoms with van der Waals surface area (Å²) < 4.78 is 0. The van der Waals surface area contributed by atoms with Crippen LogP contribution in [-0.2, 0) is 14.4 Å². The van der Waals surface area contributed by atoms with Crippen molar-refractivity contribution in [1.29, 1.82) is 5.26 Å². The van der Waals surface area contributed by atoms with E-state index in [-0.39, 0.29) is 17.3 Å². The Kier molecular flexibility index (Phi) is 2.97. The molecule has 23 heavy (non-hydrogen) atoms. The van der Waals surface area contributed by atoms with Crippen LogP contribution < -0.4 is 0 Å². The lowest BCUT2D eigenvalue weighted by atomic mass is 9.47. The van der Waals surface area contributed by atoms with E-state index in [1.807, 2.05) is 6.92 Å². The van der Waals surface area contributed by atoms with Gasteiger partial charge < -0.3 is 0 Å². The molecule has 0 N–H and O–H groups in total. The number of nitrogens with zero attached hydrogens (tertiary/aromatic N) is 1. The predicted octanol–water partition coefficient (Wildman–Crippen LogP) is 2.71. The van der Waals surface area contributed by atoms with E-state index in [1.165, 1.54) is 12.2 Å². The lowest BCUT2D eigenvalue weighted by Gasteiger charge is -2.54. The highest BCUT2D eigenvalue weighted by atomic mass is 16.1. The minimum atomic E-state index is -0.893. The quantitative estimate of drug-likeness (QED) is 0.689. The standard InChI is InChI=1S/C19H19NO3/c1-17(2)13-8-15(22)18(3)6-5-12(21)7-14(18)19(13,4)9-11(10-20)16(17)23/h5-8,11H,9H2,1-4H3/t11?,18?,19-/m0/s1. The molecule has 0 aromatic rings. The Morgan fingerprint density at radius 1 is 1.09 bits per heavy atom. The van der Waals surface area contributed by atoms with Gasteiger partial charge in [-0.15, -0.1) is 0 Å². The second kappa shape index (κ2) is 4.38. The van der Waals surface area contributed by atoms with E-state index in [2.05, 4.69) is 6.07 Å². The molecule has 0 saturated heterocycles. The largest absolute Gasteiger partial charge is 0.297 e. The first-order valence-corrected chi connectivity index (χ1v) is 7.74. The van der Waals surface area contributed by atoms with Gasteiger partial charge in [0.1, 0.15) is 5.92 Å². The smallest absolute Gasteiger partial charge is 0.178 e. The Morgan fingerprint density at radius 3 is 2.35 bits per heavy atom. The number of Topliss-reactive ketones (excluding diaryl/α,β-unsaturated/α-hetero) is 1. The first-order valence-electron chi connectivity index (χ1n) is 7.74. The number of nitriles is 1. The van der Waals surface area contributed by atoms with Gasteiger partial charge in [-0.05, 0) is 56.6 Å². The molecule has 3 aliphatic rings. The van der Waals surface area contributed by atoms with Gasteiger partial charge in [-0.25, -0.2) is 0 Å². The first-order chi connectivity index (χ1) is 10.6. The summed E-state index contributed by atoms with van der Waals surface area (Å²) in [5.74, 6) is -1.16. The summed E-state index contributed by atoms with van der Waals surface area (Å²) in [6, 6.07) is 2.11. The number of allylic oxidation sites excluding steroid dienone is 6. The van der Waals surface area contributed by atoms with Crippen LogP contribution in [0.3, 0.4) is 0 Å². The zero-order valence-corrected chi connectivity index (χ0v) is 13.8. The van der Waals surface area contributed by atoms with E-state index < -0.39 is 22.2 Å². The molecular weight excluding hydrogens is 290 g/mol. The molecule has 4 heteroatoms. The van der Waals surface area contributed by atoms with Gasteiger partial charge in [0.15, 0.2) is 17.3 Å². The van der Waals surface area contributed by atoms with Gasteiger partial charge in [0.25, 0.3) is 0 Å². The molecule has 0 spiro atoms. The molecule has 3 rings (SSSR count). The van der Waals surface area contributed by atoms with E-state index in [9.17, 15) is 19.6 Å². The van der Waals surface area contributed by atoms with E-state index >= 15 is 0 Å². The van der Waals surface area contributed by atoms with Crippen LogP contribution in [0.1, 0.15) is 34.1 Å². The van der Waals surface area contributed by atoms with Crippen molar-refractivity contribution in [2.45, 2.75) is 34.1 Å². The van der Waals surface area contributed by atoms with E-state index in [0.717, 1.165) is 5.57 Å². The summed E-state index contributed by atoms with van der Waals surface area (Å²) in [6.07, 6.45) is 6.47. The average Bonchev–Trinajstić information content (AvgIpc) is 2.49. The Labute approximate surface area is 135 Å². The van der Waals surface area contributed by atoms with Crippen LogP contribution in [0.5, 0.6) is 0 Å². The third kappa shape index (κ3) is 1.80. The maximum Gasteiger partial charge on any atom is 0.178 e. The molecule has 3 atom stereocenters. The molecule has 0 aromatic carbocycles. The number of hydrogen-bond donors (Lipinski definition) is 0. The van der Waals surface area contributed by atoms with Crippen molar-refractivity contribution >= 4 is 17.3 Å². The van der Waals surface area contributed by atoms with Crippen molar-refractivity contribution in [2.75, 3.05) is 0 Å². The molecule has 1 fully saturated rings. The normalized spacial score (nSPS) is 38.2. The van der Waals surface area contributed by atoms with E-state index in [1.54, 1.807) is 32.9 Å². The van der Waals surface area contributed by atoms with Gasteiger partial charge in [0.05, 0.1) is 11.5 Å². The van der Waals surface area contributed by atoms with Gasteiger partial charge in [0.2, 0.25) is 0 Å². The Morgan fingerprint density at radius 2 is 1.74 bits per heavy atom. The summed E-state index contributed by atoms with van der Waals surface area (Å²) in [7, 11) is 0. The number of hydrogen-bond acceptors (Lipinski definition) is 4. The van der Waals surface area contributed by atoms with Crippen molar-refractivity contribution in [3.63, 3.8) is 0 Å². The van der Waals surface area contributed by atoms with Crippen LogP contribution in [-0.4, -0.2) is 17.3 Å². The second-order valence-corrected chi connectivity index (χ2v) is 7.63. The molecule has 0 aromatic heterocycles. The maximum atomic E-state index is 12.7. The summed E-state index contributed by atoms with van der Waals surface area (Å²) in [4.78, 5) is 37.3. The third-order valence-electron chi connectivity index (χ3n) is 5.78. The summed E-state index contributed by atoms with van der Waals surface area (Å²) in [5.41, 5.74) is -0.974. The topological polar surface area (TPSA) is 75.0 Å². The molecule has 0 bridgehead atoms. The fourth-order valence-corrected chi connectivity index (χ4v) is 4.48. The highest BCUT2D eigenvalue weighted by Gasteiger charge is 2.59. The first kappa shape index (κ1) is 15.6. The number of carbonyl (C=O) groups excluding carboxylic acids is 3. The lowest BCUT2D eigenvalue weighted by Crippen LogP contribution is -2.53. The molecule has 0 radical (unpaired) electrons. The number of rotatable bonds is 0. The molecule has 0 aliphatic heterocycles. The fraction of sp³-hybridized carbons (Fsp3) is 0.474. The van der Waals surface area contributed by atoms with Gasteiger partial charge in [-0.1, -0.05) is 13.0 Å². The van der Waals surface area contributed by atoms with Crippen molar-refractivity contribution in [2.24, 2.45) is 22.2 Å². The zero-order chi connectivity index (χ0) is 17.2. The van der Waals surface area contributed by atoms with Crippen molar-refractivity contribution < 1.29 is 14.4 Å². The average molecular weight is 309 g/mol. The summed E-state index contributed by atoms with van der Waals surface area (Å²) in [5, 5.41) is 9.40. The summed E-state index contributed by atoms with van der Waals surface area (Å²) >= 11 is 0. The van der Waals surface area contributed by atoms with E-state index in [4.69, 9.17) is 0 Å². The van der Waals surface area contributed by atoms with Crippen LogP contribution in [0.15, 0.2) is 35.5 Å². The van der Waals surface area contributed by atoms with Crippen LogP contribution in [0, 0.1) is 33.5 Å². The van der Waals surface area contributed by atoms with Crippen LogP contribution in [0.4, 0.5) is 0 Å². The van der Waals surface area contributed by atoms with Gasteiger partial charge in [-0.2, -0.15) is 5.26 Å². The molecule has 4 nitrogen and oxygen atoms in total. The number of carbonyl (C=O) groups is 3. The highest BCUT2D eigenvalue weighted by Crippen LogP contribution is 2.61. The monoisotopic (exact) mass is 309 g/mol. The Bertz CT molecular complexity index is 790. The Balaban J connectivity index is 2.32. The second-order valence-electron chi connectivity index (χ2n) is 7.63. The summed E-state index contributed by atoms with van der Waals surface area (Å²) in [6.45, 7) is 7.27. The number of fused-ring (bicyclic) bond motifs is 3. The van der Waals surface area contributed by atoms with Crippen LogP contribution in [0.2, 0.25) is 0 Å². The Hall–Kier alpha value is -2.28. The maximum absolute atomic E-state index is 12.7. The van der Waals surface area contributed by atoms with Crippen molar-refractivity contribution in [3.05, 3.63) is 35.5 Å². The molecule has 2 unspecified atom stereocenters. The van der Waals surface area contributed by atoms with Gasteiger partial charge in [-0.3, -0.25) is 14.4 Å².